The van der Waals surface area contributed by atoms with Crippen LogP contribution in [0.15, 0.2) is 79.3 Å². The maximum atomic E-state index is 9.80. The van der Waals surface area contributed by atoms with Crippen molar-refractivity contribution in [2.75, 3.05) is 33.3 Å². The number of H-pyrrole nitrogens is 1. The molecule has 0 saturated carbocycles. The van der Waals surface area contributed by atoms with Crippen LogP contribution < -0.4 is 14.2 Å². The monoisotopic (exact) mass is 720 g/mol. The van der Waals surface area contributed by atoms with Crippen molar-refractivity contribution in [1.82, 2.24) is 25.0 Å². The van der Waals surface area contributed by atoms with Gasteiger partial charge in [-0.25, -0.2) is 0 Å². The Morgan fingerprint density at radius 3 is 2.52 bits per heavy atom. The molecule has 1 aliphatic rings. The van der Waals surface area contributed by atoms with E-state index in [0.717, 1.165) is 82.9 Å². The van der Waals surface area contributed by atoms with E-state index in [0.29, 0.717) is 48.4 Å². The van der Waals surface area contributed by atoms with Crippen molar-refractivity contribution in [3.63, 3.8) is 0 Å². The van der Waals surface area contributed by atoms with Crippen LogP contribution in [0.4, 0.5) is 0 Å². The Labute approximate surface area is 310 Å². The zero-order valence-corrected chi connectivity index (χ0v) is 30.7. The molecule has 6 rings (SSSR count). The number of aromatic nitrogens is 3. The van der Waals surface area contributed by atoms with Gasteiger partial charge in [0.05, 0.1) is 23.3 Å². The highest BCUT2D eigenvalue weighted by molar-refractivity contribution is 6.32. The highest BCUT2D eigenvalue weighted by Gasteiger charge is 2.20. The highest BCUT2D eigenvalue weighted by atomic mass is 35.5. The number of nitrogens with one attached hydrogen (secondary N) is 1. The molecule has 1 fully saturated rings. The van der Waals surface area contributed by atoms with Gasteiger partial charge in [-0.2, -0.15) is 10.4 Å². The molecule has 3 aromatic carbocycles. The van der Waals surface area contributed by atoms with Gasteiger partial charge >= 0.3 is 0 Å². The Morgan fingerprint density at radius 1 is 0.942 bits per heavy atom. The van der Waals surface area contributed by atoms with E-state index in [-0.39, 0.29) is 12.7 Å². The molecule has 10 nitrogen and oxygen atoms in total. The number of nitriles is 1. The minimum Gasteiger partial charge on any atom is -0.493 e. The number of likely N-dealkylation sites (tertiary alicyclic amines) is 1. The van der Waals surface area contributed by atoms with Crippen molar-refractivity contribution < 1.29 is 19.3 Å². The molecule has 0 aliphatic carbocycles. The van der Waals surface area contributed by atoms with Gasteiger partial charge in [0, 0.05) is 74.2 Å². The molecule has 3 heterocycles. The number of hydrogen-bond acceptors (Lipinski definition) is 9. The Morgan fingerprint density at radius 2 is 1.75 bits per heavy atom. The number of aliphatic hydroxyl groups is 1. The van der Waals surface area contributed by atoms with Crippen molar-refractivity contribution in [3.8, 4) is 34.4 Å². The Bertz CT molecular complexity index is 2000. The molecule has 0 spiro atoms. The van der Waals surface area contributed by atoms with Gasteiger partial charge in [-0.1, -0.05) is 41.9 Å². The first kappa shape index (κ1) is 36.9. The molecule has 5 aromatic rings. The lowest BCUT2D eigenvalue weighted by atomic mass is 9.93. The van der Waals surface area contributed by atoms with Gasteiger partial charge in [-0.15, -0.1) is 0 Å². The molecule has 270 valence electrons. The molecule has 0 amide bonds. The van der Waals surface area contributed by atoms with Crippen LogP contribution in [0, 0.1) is 25.2 Å². The lowest BCUT2D eigenvalue weighted by Crippen LogP contribution is -2.24. The SMILES string of the molecule is Cc1c(COc2cc(OCc3cncc(C#N)c3)c(CN(C)Cc3ccn[nH]3)cc2Cl)cccc1-c1cccc(OCCCN2CC[C@@H](O)C2)c1C. The van der Waals surface area contributed by atoms with E-state index >= 15 is 0 Å². The minimum atomic E-state index is -0.201. The summed E-state index contributed by atoms with van der Waals surface area (Å²) in [5.41, 5.74) is 8.64. The first-order valence-corrected chi connectivity index (χ1v) is 18.0. The molecular weight excluding hydrogens is 676 g/mol. The summed E-state index contributed by atoms with van der Waals surface area (Å²) in [6, 6.07) is 22.0. The normalized spacial score (nSPS) is 14.4. The fourth-order valence-electron chi connectivity index (χ4n) is 6.58. The van der Waals surface area contributed by atoms with Gasteiger partial charge in [0.15, 0.2) is 0 Å². The first-order valence-electron chi connectivity index (χ1n) is 17.6. The summed E-state index contributed by atoms with van der Waals surface area (Å²) in [4.78, 5) is 8.61. The zero-order chi connectivity index (χ0) is 36.5. The first-order chi connectivity index (χ1) is 25.3. The molecular formula is C41H45ClN6O4. The number of β-amino-alcohol motifs (C(OH)–C–C–N with tert-alkyl or cyclic N) is 1. The molecule has 11 heteroatoms. The number of benzene rings is 3. The largest absolute Gasteiger partial charge is 0.493 e. The Kier molecular flexibility index (Phi) is 12.4. The molecule has 1 atom stereocenters. The molecule has 0 bridgehead atoms. The predicted molar refractivity (Wildman–Crippen MR) is 201 cm³/mol. The molecule has 1 saturated heterocycles. The van der Waals surface area contributed by atoms with Crippen molar-refractivity contribution in [2.45, 2.75) is 59.1 Å². The molecule has 0 unspecified atom stereocenters. The van der Waals surface area contributed by atoms with Crippen LogP contribution in [0.1, 0.15) is 51.9 Å². The summed E-state index contributed by atoms with van der Waals surface area (Å²) in [7, 11) is 2.02. The van der Waals surface area contributed by atoms with Gasteiger partial charge in [0.25, 0.3) is 0 Å². The number of halogens is 1. The number of pyridine rings is 1. The smallest absolute Gasteiger partial charge is 0.142 e. The Balaban J connectivity index is 1.16. The quantitative estimate of drug-likeness (QED) is 0.102. The molecule has 0 radical (unpaired) electrons. The topological polar surface area (TPSA) is 120 Å². The van der Waals surface area contributed by atoms with E-state index in [1.165, 1.54) is 6.20 Å². The highest BCUT2D eigenvalue weighted by Crippen LogP contribution is 2.37. The van der Waals surface area contributed by atoms with Crippen LogP contribution in [0.5, 0.6) is 17.2 Å². The lowest BCUT2D eigenvalue weighted by molar-refractivity contribution is 0.173. The second-order valence-corrected chi connectivity index (χ2v) is 13.8. The van der Waals surface area contributed by atoms with E-state index in [1.54, 1.807) is 18.5 Å². The predicted octanol–water partition coefficient (Wildman–Crippen LogP) is 7.24. The molecule has 2 N–H and O–H groups in total. The summed E-state index contributed by atoms with van der Waals surface area (Å²) in [6.07, 6.45) is 6.52. The summed E-state index contributed by atoms with van der Waals surface area (Å²) >= 11 is 6.86. The number of hydrogen-bond donors (Lipinski definition) is 2. The van der Waals surface area contributed by atoms with Crippen LogP contribution in [0.3, 0.4) is 0 Å². The maximum absolute atomic E-state index is 9.80. The average Bonchev–Trinajstić information content (AvgIpc) is 3.82. The van der Waals surface area contributed by atoms with Crippen LogP contribution >= 0.6 is 11.6 Å². The number of ether oxygens (including phenoxy) is 3. The van der Waals surface area contributed by atoms with Crippen molar-refractivity contribution in [1.29, 1.82) is 5.26 Å². The molecule has 2 aromatic heterocycles. The van der Waals surface area contributed by atoms with Gasteiger partial charge in [0.1, 0.15) is 36.5 Å². The number of aliphatic hydroxyl groups excluding tert-OH is 1. The van der Waals surface area contributed by atoms with Crippen LogP contribution in [0.25, 0.3) is 11.1 Å². The van der Waals surface area contributed by atoms with Crippen molar-refractivity contribution in [2.24, 2.45) is 0 Å². The third-order valence-corrected chi connectivity index (χ3v) is 9.69. The summed E-state index contributed by atoms with van der Waals surface area (Å²) in [5.74, 6) is 2.03. The fraction of sp³-hybridized carbons (Fsp3) is 0.341. The summed E-state index contributed by atoms with van der Waals surface area (Å²) in [6.45, 7) is 9.24. The minimum absolute atomic E-state index is 0.201. The lowest BCUT2D eigenvalue weighted by Gasteiger charge is -2.21. The standard InChI is InChI=1S/C41H45ClN6O4/c1-28-32(7-4-8-36(28)37-9-5-10-39(29(37)2)50-16-6-14-48-15-12-35(49)25-48)27-52-41-19-40(51-26-31-17-30(20-43)21-44-22-31)33(18-38(41)42)23-47(3)24-34-11-13-45-46-34/h4-5,7-11,13,17-19,21-22,35,49H,6,12,14-16,23-27H2,1-3H3,(H,45,46)/t35-/m1/s1. The second-order valence-electron chi connectivity index (χ2n) is 13.4. The van der Waals surface area contributed by atoms with Gasteiger partial charge < -0.3 is 24.2 Å². The van der Waals surface area contributed by atoms with E-state index < -0.39 is 0 Å². The van der Waals surface area contributed by atoms with Gasteiger partial charge in [0.2, 0.25) is 0 Å². The summed E-state index contributed by atoms with van der Waals surface area (Å²) < 4.78 is 19.0. The van der Waals surface area contributed by atoms with Crippen LogP contribution in [0.2, 0.25) is 5.02 Å². The average molecular weight is 721 g/mol. The third kappa shape index (κ3) is 9.49. The zero-order valence-electron chi connectivity index (χ0n) is 29.9. The van der Waals surface area contributed by atoms with E-state index in [9.17, 15) is 10.4 Å². The third-order valence-electron chi connectivity index (χ3n) is 9.40. The van der Waals surface area contributed by atoms with Gasteiger partial charge in [-0.3, -0.25) is 15.0 Å². The van der Waals surface area contributed by atoms with Crippen LogP contribution in [-0.4, -0.2) is 69.5 Å². The number of aromatic amines is 1. The summed E-state index contributed by atoms with van der Waals surface area (Å²) in [5, 5.41) is 26.7. The number of rotatable bonds is 16. The van der Waals surface area contributed by atoms with Crippen molar-refractivity contribution in [3.05, 3.63) is 123 Å². The maximum Gasteiger partial charge on any atom is 0.142 e. The molecule has 52 heavy (non-hydrogen) atoms. The van der Waals surface area contributed by atoms with E-state index in [2.05, 4.69) is 69.2 Å². The number of nitrogens with zero attached hydrogens (tertiary/aromatic N) is 5. The fourth-order valence-corrected chi connectivity index (χ4v) is 6.82. The Hall–Kier alpha value is -4.92. The van der Waals surface area contributed by atoms with Crippen LogP contribution in [-0.2, 0) is 26.3 Å². The molecule has 1 aliphatic heterocycles. The van der Waals surface area contributed by atoms with E-state index in [4.69, 9.17) is 25.8 Å². The second kappa shape index (κ2) is 17.5. The van der Waals surface area contributed by atoms with Crippen molar-refractivity contribution >= 4 is 11.6 Å². The van der Waals surface area contributed by atoms with Gasteiger partial charge in [-0.05, 0) is 85.8 Å². The van der Waals surface area contributed by atoms with E-state index in [1.807, 2.05) is 37.4 Å².